The van der Waals surface area contributed by atoms with Gasteiger partial charge in [-0.05, 0) is 60.2 Å². The highest BCUT2D eigenvalue weighted by molar-refractivity contribution is 8.77. The van der Waals surface area contributed by atoms with Crippen LogP contribution in [0.25, 0.3) is 0 Å². The molecule has 758 valence electrons. The quantitative estimate of drug-likeness (QED) is 0.0236. The number of rotatable bonds is 91. The smallest absolute Gasteiger partial charge is 0.316 e. The first-order valence-corrected chi connectivity index (χ1v) is 55.3. The van der Waals surface area contributed by atoms with Crippen molar-refractivity contribution in [3.8, 4) is 0 Å². The van der Waals surface area contributed by atoms with Crippen LogP contribution in [0, 0.1) is 58.2 Å². The Kier molecular flexibility index (Phi) is 78.7. The van der Waals surface area contributed by atoms with E-state index in [0.717, 1.165) is 82.8 Å². The highest BCUT2D eigenvalue weighted by Gasteiger charge is 2.40. The van der Waals surface area contributed by atoms with Gasteiger partial charge in [0.05, 0.1) is 208 Å². The zero-order chi connectivity index (χ0) is 95.0. The summed E-state index contributed by atoms with van der Waals surface area (Å²) in [5.41, 5.74) is -1.23. The zero-order valence-corrected chi connectivity index (χ0v) is 85.5. The van der Waals surface area contributed by atoms with E-state index in [2.05, 4.69) is 69.2 Å². The molecule has 0 spiro atoms. The van der Waals surface area contributed by atoms with E-state index in [4.69, 9.17) is 94.7 Å². The number of ether oxygens (including phenoxy) is 20. The van der Waals surface area contributed by atoms with E-state index in [1.54, 1.807) is 43.2 Å². The summed E-state index contributed by atoms with van der Waals surface area (Å²) in [5.74, 6) is 2.83. The van der Waals surface area contributed by atoms with Gasteiger partial charge in [0, 0.05) is 23.0 Å². The third-order valence-electron chi connectivity index (χ3n) is 21.6. The van der Waals surface area contributed by atoms with Gasteiger partial charge in [0.1, 0.15) is 64.4 Å². The van der Waals surface area contributed by atoms with E-state index in [1.165, 1.54) is 103 Å². The first kappa shape index (κ1) is 122. The zero-order valence-electron chi connectivity index (χ0n) is 80.6. The van der Waals surface area contributed by atoms with E-state index in [1.807, 2.05) is 0 Å². The summed E-state index contributed by atoms with van der Waals surface area (Å²) < 4.78 is 109. The Morgan fingerprint density at radius 2 is 0.369 bits per heavy atom. The Hall–Kier alpha value is -3.60. The summed E-state index contributed by atoms with van der Waals surface area (Å²) in [6, 6.07) is 0. The highest BCUT2D eigenvalue weighted by atomic mass is 33.1. The molecule has 2 fully saturated rings. The number of hydrogen-bond acceptors (Lipinski definition) is 36. The second kappa shape index (κ2) is 83.6. The fraction of sp³-hybridized carbons (Fsp3) is 0.894. The number of esters is 10. The van der Waals surface area contributed by atoms with Crippen molar-refractivity contribution in [2.45, 2.75) is 249 Å². The second-order valence-corrected chi connectivity index (χ2v) is 42.6. The SMILES string of the molecule is CC(C)CCCC(C)CCCC(C)CCCC(C)CCOC(=O)CCC(=O)OCCOCCOCCOCCOCCOCCOC(=O)CCC(=O)OCC1(COC(=O)CSSCC(=O)OCC2(COC(=O)CCC(=O)OCCOCCOCCOCCOCCOCCOC(=O)CCC(=O)OCCC(C)CCCC(C)CCCC(C)CCCC(C)C)CSSC2)CSSC1. The van der Waals surface area contributed by atoms with Crippen molar-refractivity contribution in [1.29, 1.82) is 0 Å². The molecule has 0 amide bonds. The minimum absolute atomic E-state index is 0.000824. The molecule has 0 aliphatic carbocycles. The van der Waals surface area contributed by atoms with Gasteiger partial charge in [-0.25, -0.2) is 0 Å². The largest absolute Gasteiger partial charge is 0.466 e. The van der Waals surface area contributed by atoms with Gasteiger partial charge >= 0.3 is 59.7 Å². The van der Waals surface area contributed by atoms with Gasteiger partial charge in [0.15, 0.2) is 0 Å². The standard InChI is InChI=1S/C94H166O30S6/c1-75(2)17-11-19-77(5)21-13-23-79(7)25-15-27-81(9)37-39-115-83(95)29-31-85(97)117-61-57-111-53-49-107-45-41-105-43-47-109-51-55-113-59-63-119-87(99)33-35-89(101)121-67-93(71-127-128-72-93)69-123-91(103)65-125-126-66-92(104)124-70-94(73-129-130-74-94)68-122-90(102)36-34-88(100)120-64-60-114-56-52-110-48-44-106-42-46-108-50-54-112-58-62-118-86(98)32-30-84(96)116-40-38-82(10)28-16-26-80(8)24-14-22-78(6)20-12-18-76(3)4/h75-82H,11-74H2,1-10H3. The van der Waals surface area contributed by atoms with Crippen LogP contribution in [0.4, 0.5) is 0 Å². The van der Waals surface area contributed by atoms with Gasteiger partial charge in [-0.2, -0.15) is 0 Å². The maximum atomic E-state index is 12.8. The van der Waals surface area contributed by atoms with Crippen LogP contribution < -0.4 is 0 Å². The lowest BCUT2D eigenvalue weighted by Gasteiger charge is -2.26. The lowest BCUT2D eigenvalue weighted by molar-refractivity contribution is -0.155. The van der Waals surface area contributed by atoms with Crippen LogP contribution in [0.1, 0.15) is 249 Å². The van der Waals surface area contributed by atoms with Gasteiger partial charge < -0.3 is 94.7 Å². The van der Waals surface area contributed by atoms with Gasteiger partial charge in [-0.15, -0.1) is 0 Å². The van der Waals surface area contributed by atoms with Gasteiger partial charge in [0.25, 0.3) is 0 Å². The Bertz CT molecular complexity index is 2690. The van der Waals surface area contributed by atoms with Gasteiger partial charge in [-0.3, -0.25) is 47.9 Å². The fourth-order valence-electron chi connectivity index (χ4n) is 13.2. The summed E-state index contributed by atoms with van der Waals surface area (Å²) in [6.07, 6.45) is 23.8. The third kappa shape index (κ3) is 76.5. The molecule has 30 nitrogen and oxygen atoms in total. The minimum Gasteiger partial charge on any atom is -0.466 e. The van der Waals surface area contributed by atoms with E-state index in [-0.39, 0.29) is 155 Å². The molecular formula is C94H166O30S6. The number of carbonyl (C=O) groups is 10. The van der Waals surface area contributed by atoms with Crippen molar-refractivity contribution in [2.24, 2.45) is 58.2 Å². The van der Waals surface area contributed by atoms with Crippen molar-refractivity contribution in [3.05, 3.63) is 0 Å². The normalized spacial score (nSPS) is 14.9. The average molecular weight is 1970 g/mol. The van der Waals surface area contributed by atoms with E-state index in [0.29, 0.717) is 141 Å². The lowest BCUT2D eigenvalue weighted by Crippen LogP contribution is -2.37. The molecule has 2 saturated heterocycles. The van der Waals surface area contributed by atoms with E-state index in [9.17, 15) is 47.9 Å². The van der Waals surface area contributed by atoms with Crippen molar-refractivity contribution in [1.82, 2.24) is 0 Å². The molecule has 2 aliphatic heterocycles. The molecule has 0 aromatic carbocycles. The van der Waals surface area contributed by atoms with Gasteiger partial charge in [0.2, 0.25) is 0 Å². The topological polar surface area (TPSA) is 355 Å². The summed E-state index contributed by atoms with van der Waals surface area (Å²) in [4.78, 5) is 124. The van der Waals surface area contributed by atoms with E-state index >= 15 is 0 Å². The molecule has 0 bridgehead atoms. The van der Waals surface area contributed by atoms with Crippen molar-refractivity contribution in [2.75, 3.05) is 233 Å². The summed E-state index contributed by atoms with van der Waals surface area (Å²) in [6.45, 7) is 30.1. The summed E-state index contributed by atoms with van der Waals surface area (Å²) in [5, 5.41) is 0. The monoisotopic (exact) mass is 1970 g/mol. The van der Waals surface area contributed by atoms with Crippen molar-refractivity contribution >= 4 is 124 Å². The first-order chi connectivity index (χ1) is 62.8. The van der Waals surface area contributed by atoms with Crippen molar-refractivity contribution in [3.63, 3.8) is 0 Å². The molecule has 6 atom stereocenters. The molecule has 2 rings (SSSR count). The molecule has 2 heterocycles. The molecule has 0 aromatic heterocycles. The maximum Gasteiger partial charge on any atom is 0.316 e. The molecule has 0 radical (unpaired) electrons. The predicted octanol–water partition coefficient (Wildman–Crippen LogP) is 16.8. The van der Waals surface area contributed by atoms with Crippen LogP contribution in [-0.4, -0.2) is 292 Å². The number of carbonyl (C=O) groups excluding carboxylic acids is 10. The average Bonchev–Trinajstić information content (AvgIpc) is 1.73. The summed E-state index contributed by atoms with van der Waals surface area (Å²) >= 11 is 0. The van der Waals surface area contributed by atoms with Crippen LogP contribution in [0.15, 0.2) is 0 Å². The maximum absolute atomic E-state index is 12.8. The Morgan fingerprint density at radius 1 is 0.208 bits per heavy atom. The van der Waals surface area contributed by atoms with Crippen molar-refractivity contribution < 1.29 is 143 Å². The first-order valence-electron chi connectivity index (χ1n) is 47.8. The van der Waals surface area contributed by atoms with Crippen LogP contribution in [-0.2, 0) is 143 Å². The second-order valence-electron chi connectivity index (χ2n) is 35.2. The Morgan fingerprint density at radius 3 is 0.569 bits per heavy atom. The number of hydrogen-bond donors (Lipinski definition) is 0. The molecule has 2 aliphatic rings. The minimum atomic E-state index is -0.613. The Labute approximate surface area is 801 Å². The highest BCUT2D eigenvalue weighted by Crippen LogP contribution is 2.45. The molecule has 0 aromatic rings. The molecule has 6 unspecified atom stereocenters. The van der Waals surface area contributed by atoms with Crippen LogP contribution >= 0.6 is 64.8 Å². The van der Waals surface area contributed by atoms with Crippen LogP contribution in [0.2, 0.25) is 0 Å². The van der Waals surface area contributed by atoms with E-state index < -0.39 is 70.5 Å². The Balaban J connectivity index is 1.35. The molecule has 130 heavy (non-hydrogen) atoms. The lowest BCUT2D eigenvalue weighted by atomic mass is 9.91. The molecular weight excluding hydrogens is 1800 g/mol. The predicted molar refractivity (Wildman–Crippen MR) is 511 cm³/mol. The van der Waals surface area contributed by atoms with Crippen LogP contribution in [0.3, 0.4) is 0 Å². The van der Waals surface area contributed by atoms with Gasteiger partial charge in [-0.1, -0.05) is 250 Å². The molecule has 0 N–H and O–H groups in total. The third-order valence-corrected chi connectivity index (χ3v) is 29.3. The molecule has 0 saturated carbocycles. The van der Waals surface area contributed by atoms with Crippen LogP contribution in [0.5, 0.6) is 0 Å². The summed E-state index contributed by atoms with van der Waals surface area (Å²) in [7, 11) is 8.58. The molecule has 36 heteroatoms. The fourth-order valence-corrected chi connectivity index (χ4v) is 21.5.